The van der Waals surface area contributed by atoms with Gasteiger partial charge in [-0.15, -0.1) is 0 Å². The molecule has 0 atom stereocenters. The molecule has 0 saturated carbocycles. The maximum absolute atomic E-state index is 11.0. The number of hydrazone groups is 1. The van der Waals surface area contributed by atoms with E-state index in [0.717, 1.165) is 11.5 Å². The first-order chi connectivity index (χ1) is 6.20. The summed E-state index contributed by atoms with van der Waals surface area (Å²) in [6.45, 7) is 1.98. The highest BCUT2D eigenvalue weighted by Gasteiger charge is 2.31. The van der Waals surface area contributed by atoms with E-state index in [4.69, 9.17) is 5.41 Å². The monoisotopic (exact) mass is 196 g/mol. The first-order valence-electron chi connectivity index (χ1n) is 3.95. The maximum Gasteiger partial charge on any atom is 0.255 e. The fraction of sp³-hybridized carbons (Fsp3) is 0.429. The third-order valence-electron chi connectivity index (χ3n) is 1.70. The van der Waals surface area contributed by atoms with E-state index in [9.17, 15) is 4.79 Å². The predicted octanol–water partition coefficient (Wildman–Crippen LogP) is 1.02. The highest BCUT2D eigenvalue weighted by atomic mass is 32.2. The van der Waals surface area contributed by atoms with Crippen LogP contribution in [0, 0.1) is 5.41 Å². The molecule has 0 radical (unpaired) electrons. The van der Waals surface area contributed by atoms with Crippen molar-refractivity contribution in [1.29, 1.82) is 5.41 Å². The number of amides is 1. The van der Waals surface area contributed by atoms with E-state index in [1.807, 2.05) is 6.92 Å². The first kappa shape index (κ1) is 8.43. The van der Waals surface area contributed by atoms with E-state index < -0.39 is 0 Å². The zero-order valence-corrected chi connectivity index (χ0v) is 7.89. The molecular weight excluding hydrogens is 188 g/mol. The van der Waals surface area contributed by atoms with Crippen LogP contribution in [0.15, 0.2) is 10.1 Å². The smallest absolute Gasteiger partial charge is 0.255 e. The molecule has 0 aromatic heterocycles. The van der Waals surface area contributed by atoms with Crippen LogP contribution in [-0.4, -0.2) is 27.0 Å². The Kier molecular flexibility index (Phi) is 1.91. The lowest BCUT2D eigenvalue weighted by atomic mass is 10.3. The maximum atomic E-state index is 11.0. The number of carbonyl (C=O) groups excluding carboxylic acids is 1. The van der Waals surface area contributed by atoms with Crippen molar-refractivity contribution in [3.05, 3.63) is 0 Å². The van der Waals surface area contributed by atoms with Crippen LogP contribution in [0.4, 0.5) is 0 Å². The Morgan fingerprint density at radius 1 is 1.69 bits per heavy atom. The lowest BCUT2D eigenvalue weighted by molar-refractivity contribution is -0.117. The quantitative estimate of drug-likeness (QED) is 0.680. The van der Waals surface area contributed by atoms with Gasteiger partial charge in [-0.05, 0) is 18.2 Å². The van der Waals surface area contributed by atoms with Gasteiger partial charge in [-0.1, -0.05) is 6.92 Å². The number of carbonyl (C=O) groups is 1. The first-order valence-corrected chi connectivity index (χ1v) is 4.76. The molecule has 68 valence electrons. The predicted molar refractivity (Wildman–Crippen MR) is 51.9 cm³/mol. The van der Waals surface area contributed by atoms with Gasteiger partial charge in [0.1, 0.15) is 10.9 Å². The third kappa shape index (κ3) is 1.37. The van der Waals surface area contributed by atoms with Gasteiger partial charge in [0.05, 0.1) is 6.42 Å². The Hall–Kier alpha value is -1.17. The number of nitrogens with zero attached hydrogens (tertiary/aromatic N) is 3. The van der Waals surface area contributed by atoms with Gasteiger partial charge in [-0.2, -0.15) is 15.1 Å². The molecule has 1 amide bonds. The van der Waals surface area contributed by atoms with Crippen LogP contribution >= 0.6 is 11.8 Å². The third-order valence-corrected chi connectivity index (χ3v) is 2.75. The molecule has 6 heteroatoms. The molecule has 5 nitrogen and oxygen atoms in total. The van der Waals surface area contributed by atoms with Gasteiger partial charge in [0.2, 0.25) is 0 Å². The molecule has 2 aliphatic rings. The zero-order chi connectivity index (χ0) is 9.42. The van der Waals surface area contributed by atoms with E-state index in [2.05, 4.69) is 10.1 Å². The van der Waals surface area contributed by atoms with Crippen LogP contribution in [0.25, 0.3) is 0 Å². The Labute approximate surface area is 79.4 Å². The number of aliphatic imine (C=N–C) groups is 1. The second-order valence-corrected chi connectivity index (χ2v) is 3.71. The molecule has 0 aliphatic carbocycles. The molecule has 0 bridgehead atoms. The molecule has 2 rings (SSSR count). The Morgan fingerprint density at radius 2 is 2.46 bits per heavy atom. The van der Waals surface area contributed by atoms with E-state index in [1.54, 1.807) is 0 Å². The largest absolute Gasteiger partial charge is 0.286 e. The molecular formula is C7H8N4OS. The van der Waals surface area contributed by atoms with Crippen molar-refractivity contribution in [2.24, 2.45) is 10.1 Å². The lowest BCUT2D eigenvalue weighted by Gasteiger charge is -2.17. The molecule has 0 aromatic carbocycles. The summed E-state index contributed by atoms with van der Waals surface area (Å²) < 4.78 is 0. The fourth-order valence-corrected chi connectivity index (χ4v) is 1.94. The van der Waals surface area contributed by atoms with E-state index in [0.29, 0.717) is 5.17 Å². The minimum absolute atomic E-state index is 0.0601. The molecule has 0 spiro atoms. The lowest BCUT2D eigenvalue weighted by Crippen LogP contribution is -2.33. The topological polar surface area (TPSA) is 68.9 Å². The van der Waals surface area contributed by atoms with Gasteiger partial charge in [-0.25, -0.2) is 0 Å². The van der Waals surface area contributed by atoms with Gasteiger partial charge < -0.3 is 0 Å². The Morgan fingerprint density at radius 3 is 3.15 bits per heavy atom. The van der Waals surface area contributed by atoms with Crippen molar-refractivity contribution in [1.82, 2.24) is 5.01 Å². The highest BCUT2D eigenvalue weighted by Crippen LogP contribution is 2.26. The second kappa shape index (κ2) is 2.95. The highest BCUT2D eigenvalue weighted by molar-refractivity contribution is 8.26. The summed E-state index contributed by atoms with van der Waals surface area (Å²) in [6.07, 6.45) is 0.867. The second-order valence-electron chi connectivity index (χ2n) is 2.67. The zero-order valence-electron chi connectivity index (χ0n) is 7.07. The van der Waals surface area contributed by atoms with Crippen LogP contribution in [0.1, 0.15) is 19.8 Å². The molecule has 0 saturated heterocycles. The number of hydrogen-bond donors (Lipinski definition) is 1. The van der Waals surface area contributed by atoms with Gasteiger partial charge in [-0.3, -0.25) is 10.2 Å². The minimum atomic E-state index is -0.253. The molecule has 2 aliphatic heterocycles. The van der Waals surface area contributed by atoms with Gasteiger partial charge in [0, 0.05) is 0 Å². The van der Waals surface area contributed by atoms with Crippen LogP contribution in [0.3, 0.4) is 0 Å². The average Bonchev–Trinajstić information content (AvgIpc) is 2.47. The van der Waals surface area contributed by atoms with Crippen molar-refractivity contribution in [3.63, 3.8) is 0 Å². The number of hydrogen-bond acceptors (Lipinski definition) is 4. The normalized spacial score (nSPS) is 21.5. The van der Waals surface area contributed by atoms with Crippen molar-refractivity contribution < 1.29 is 4.79 Å². The number of nitrogens with one attached hydrogen (secondary N) is 1. The van der Waals surface area contributed by atoms with Crippen LogP contribution in [-0.2, 0) is 4.79 Å². The molecule has 0 fully saturated rings. The van der Waals surface area contributed by atoms with Crippen LogP contribution in [0.5, 0.6) is 0 Å². The van der Waals surface area contributed by atoms with Crippen molar-refractivity contribution in [2.45, 2.75) is 19.8 Å². The average molecular weight is 196 g/mol. The van der Waals surface area contributed by atoms with Crippen molar-refractivity contribution >= 4 is 33.7 Å². The van der Waals surface area contributed by atoms with Gasteiger partial charge in [0.25, 0.3) is 5.91 Å². The molecule has 0 unspecified atom stereocenters. The van der Waals surface area contributed by atoms with Crippen LogP contribution in [0.2, 0.25) is 0 Å². The van der Waals surface area contributed by atoms with Crippen molar-refractivity contribution in [3.8, 4) is 0 Å². The summed E-state index contributed by atoms with van der Waals surface area (Å²) in [5.41, 5.74) is 0. The summed E-state index contributed by atoms with van der Waals surface area (Å²) in [5, 5.41) is 14.5. The summed E-state index contributed by atoms with van der Waals surface area (Å²) in [4.78, 5) is 14.8. The number of rotatable bonds is 1. The van der Waals surface area contributed by atoms with E-state index >= 15 is 0 Å². The molecule has 2 heterocycles. The standard InChI is InChI=1S/C7H8N4OS/c1-2-6-10-11-4(8)3-5(12)9-7(11)13-6/h8H,2-3H2,1H3. The minimum Gasteiger partial charge on any atom is -0.286 e. The van der Waals surface area contributed by atoms with Gasteiger partial charge >= 0.3 is 0 Å². The van der Waals surface area contributed by atoms with Crippen LogP contribution < -0.4 is 0 Å². The number of fused-ring (bicyclic) bond motifs is 1. The Balaban J connectivity index is 2.32. The summed E-state index contributed by atoms with van der Waals surface area (Å²) in [5.74, 6) is -0.0396. The SMILES string of the molecule is CCC1=NN2C(=N)CC(=O)N=C2S1. The molecule has 13 heavy (non-hydrogen) atoms. The molecule has 1 N–H and O–H groups in total. The number of amidine groups is 2. The summed E-state index contributed by atoms with van der Waals surface area (Å²) in [6, 6.07) is 0. The summed E-state index contributed by atoms with van der Waals surface area (Å²) >= 11 is 1.37. The number of thioether (sulfide) groups is 1. The summed E-state index contributed by atoms with van der Waals surface area (Å²) in [7, 11) is 0. The van der Waals surface area contributed by atoms with Gasteiger partial charge in [0.15, 0.2) is 5.17 Å². The Bertz CT molecular complexity index is 346. The van der Waals surface area contributed by atoms with E-state index in [-0.39, 0.29) is 18.2 Å². The fourth-order valence-electron chi connectivity index (χ4n) is 1.08. The van der Waals surface area contributed by atoms with E-state index in [1.165, 1.54) is 16.8 Å². The molecule has 0 aromatic rings. The van der Waals surface area contributed by atoms with Crippen molar-refractivity contribution in [2.75, 3.05) is 0 Å².